The van der Waals surface area contributed by atoms with E-state index >= 15 is 0 Å². The van der Waals surface area contributed by atoms with Crippen LogP contribution in [0.4, 0.5) is 4.39 Å². The Balaban J connectivity index is 3.14. The molecule has 4 heteroatoms. The lowest BCUT2D eigenvalue weighted by atomic mass is 10.2. The summed E-state index contributed by atoms with van der Waals surface area (Å²) in [6, 6.07) is 4.52. The molecule has 0 saturated heterocycles. The van der Waals surface area contributed by atoms with Crippen molar-refractivity contribution in [2.75, 3.05) is 0 Å². The fourth-order valence-electron chi connectivity index (χ4n) is 1.10. The molecule has 0 spiro atoms. The topological polar surface area (TPSA) is 35.2 Å². The molecule has 76 valence electrons. The van der Waals surface area contributed by atoms with Crippen molar-refractivity contribution in [2.45, 2.75) is 20.0 Å². The molecule has 0 radical (unpaired) electrons. The number of halogens is 1. The van der Waals surface area contributed by atoms with Crippen LogP contribution in [0.1, 0.15) is 19.4 Å². The Hall–Kier alpha value is -1.16. The number of hydrogen-bond acceptors (Lipinski definition) is 2. The Kier molecular flexibility index (Phi) is 3.41. The van der Waals surface area contributed by atoms with Crippen LogP contribution in [-0.4, -0.2) is 11.1 Å². The standard InChI is InChI=1S/C10H12FNOS/c1-6(2)13-8-5-3-4-7(11)9(8)10(12)14/h3-6H,1-2H3,(H2,12,14). The minimum atomic E-state index is -0.448. The van der Waals surface area contributed by atoms with E-state index in [1.54, 1.807) is 12.1 Å². The third-order valence-electron chi connectivity index (χ3n) is 1.58. The second-order valence-electron chi connectivity index (χ2n) is 3.14. The molecule has 0 saturated carbocycles. The molecule has 1 rings (SSSR count). The summed E-state index contributed by atoms with van der Waals surface area (Å²) in [5.74, 6) is -0.0526. The molecule has 2 N–H and O–H groups in total. The Morgan fingerprint density at radius 3 is 2.64 bits per heavy atom. The smallest absolute Gasteiger partial charge is 0.137 e. The van der Waals surface area contributed by atoms with Gasteiger partial charge in [0.25, 0.3) is 0 Å². The van der Waals surface area contributed by atoms with Crippen LogP contribution in [0.3, 0.4) is 0 Å². The minimum absolute atomic E-state index is 0.0127. The zero-order valence-electron chi connectivity index (χ0n) is 8.08. The van der Waals surface area contributed by atoms with Gasteiger partial charge in [-0.05, 0) is 26.0 Å². The summed E-state index contributed by atoms with van der Waals surface area (Å²) in [6.07, 6.45) is -0.0371. The highest BCUT2D eigenvalue weighted by Gasteiger charge is 2.12. The molecule has 1 aromatic rings. The van der Waals surface area contributed by atoms with Crippen LogP contribution >= 0.6 is 12.2 Å². The van der Waals surface area contributed by atoms with E-state index < -0.39 is 5.82 Å². The van der Waals surface area contributed by atoms with Crippen LogP contribution in [-0.2, 0) is 0 Å². The van der Waals surface area contributed by atoms with Crippen molar-refractivity contribution in [1.82, 2.24) is 0 Å². The average molecular weight is 213 g/mol. The quantitative estimate of drug-likeness (QED) is 0.782. The van der Waals surface area contributed by atoms with Gasteiger partial charge < -0.3 is 10.5 Å². The third-order valence-corrected chi connectivity index (χ3v) is 1.79. The summed E-state index contributed by atoms with van der Waals surface area (Å²) >= 11 is 4.75. The van der Waals surface area contributed by atoms with Crippen LogP contribution < -0.4 is 10.5 Å². The van der Waals surface area contributed by atoms with Crippen molar-refractivity contribution < 1.29 is 9.13 Å². The molecule has 0 aliphatic rings. The highest BCUT2D eigenvalue weighted by atomic mass is 32.1. The molecule has 0 aliphatic carbocycles. The molecule has 0 aromatic heterocycles. The largest absolute Gasteiger partial charge is 0.490 e. The van der Waals surface area contributed by atoms with Crippen LogP contribution in [0.15, 0.2) is 18.2 Å². The first kappa shape index (κ1) is 10.9. The number of hydrogen-bond donors (Lipinski definition) is 1. The predicted molar refractivity (Wildman–Crippen MR) is 58.1 cm³/mol. The molecule has 0 atom stereocenters. The van der Waals surface area contributed by atoms with E-state index in [9.17, 15) is 4.39 Å². The van der Waals surface area contributed by atoms with Gasteiger partial charge in [0.05, 0.1) is 11.7 Å². The van der Waals surface area contributed by atoms with Gasteiger partial charge in [-0.3, -0.25) is 0 Å². The van der Waals surface area contributed by atoms with Gasteiger partial charge in [-0.25, -0.2) is 4.39 Å². The lowest BCUT2D eigenvalue weighted by molar-refractivity contribution is 0.241. The molecule has 0 amide bonds. The maximum Gasteiger partial charge on any atom is 0.137 e. The maximum absolute atomic E-state index is 13.3. The predicted octanol–water partition coefficient (Wildman–Crippen LogP) is 2.25. The van der Waals surface area contributed by atoms with E-state index in [1.165, 1.54) is 6.07 Å². The molecular weight excluding hydrogens is 201 g/mol. The average Bonchev–Trinajstić information content (AvgIpc) is 2.01. The Bertz CT molecular complexity index is 352. The van der Waals surface area contributed by atoms with Gasteiger partial charge in [-0.15, -0.1) is 0 Å². The second kappa shape index (κ2) is 4.37. The van der Waals surface area contributed by atoms with Crippen LogP contribution in [0.5, 0.6) is 5.75 Å². The molecule has 0 bridgehead atoms. The van der Waals surface area contributed by atoms with E-state index in [0.29, 0.717) is 5.75 Å². The first-order valence-electron chi connectivity index (χ1n) is 4.27. The highest BCUT2D eigenvalue weighted by Crippen LogP contribution is 2.22. The Labute approximate surface area is 87.9 Å². The molecule has 2 nitrogen and oxygen atoms in total. The molecule has 0 unspecified atom stereocenters. The van der Waals surface area contributed by atoms with Gasteiger partial charge in [0.15, 0.2) is 0 Å². The van der Waals surface area contributed by atoms with Crippen molar-refractivity contribution in [3.8, 4) is 5.75 Å². The molecule has 1 aromatic carbocycles. The van der Waals surface area contributed by atoms with Gasteiger partial charge >= 0.3 is 0 Å². The molecule has 0 heterocycles. The van der Waals surface area contributed by atoms with E-state index in [1.807, 2.05) is 13.8 Å². The summed E-state index contributed by atoms with van der Waals surface area (Å²) in [5.41, 5.74) is 5.58. The summed E-state index contributed by atoms with van der Waals surface area (Å²) in [7, 11) is 0. The fourth-order valence-corrected chi connectivity index (χ4v) is 1.29. The number of ether oxygens (including phenoxy) is 1. The molecule has 14 heavy (non-hydrogen) atoms. The molecule has 0 aliphatic heterocycles. The summed E-state index contributed by atoms with van der Waals surface area (Å²) in [5, 5.41) is 0. The second-order valence-corrected chi connectivity index (χ2v) is 3.58. The van der Waals surface area contributed by atoms with Gasteiger partial charge in [-0.1, -0.05) is 18.3 Å². The maximum atomic E-state index is 13.3. The first-order chi connectivity index (χ1) is 6.52. The van der Waals surface area contributed by atoms with Crippen molar-refractivity contribution in [3.05, 3.63) is 29.6 Å². The van der Waals surface area contributed by atoms with Crippen molar-refractivity contribution >= 4 is 17.2 Å². The van der Waals surface area contributed by atoms with Crippen LogP contribution in [0.25, 0.3) is 0 Å². The monoisotopic (exact) mass is 213 g/mol. The first-order valence-corrected chi connectivity index (χ1v) is 4.68. The number of rotatable bonds is 3. The zero-order chi connectivity index (χ0) is 10.7. The van der Waals surface area contributed by atoms with E-state index in [0.717, 1.165) is 0 Å². The molecule has 0 fully saturated rings. The summed E-state index contributed by atoms with van der Waals surface area (Å²) in [6.45, 7) is 3.71. The number of benzene rings is 1. The van der Waals surface area contributed by atoms with E-state index in [-0.39, 0.29) is 16.7 Å². The highest BCUT2D eigenvalue weighted by molar-refractivity contribution is 7.80. The number of nitrogens with two attached hydrogens (primary N) is 1. The van der Waals surface area contributed by atoms with Gasteiger partial charge in [-0.2, -0.15) is 0 Å². The fraction of sp³-hybridized carbons (Fsp3) is 0.300. The van der Waals surface area contributed by atoms with Crippen molar-refractivity contribution in [1.29, 1.82) is 0 Å². The Morgan fingerprint density at radius 1 is 1.50 bits per heavy atom. The van der Waals surface area contributed by atoms with Gasteiger partial charge in [0.1, 0.15) is 16.6 Å². The van der Waals surface area contributed by atoms with Crippen molar-refractivity contribution in [2.24, 2.45) is 5.73 Å². The van der Waals surface area contributed by atoms with E-state index in [2.05, 4.69) is 0 Å². The summed E-state index contributed by atoms with van der Waals surface area (Å²) < 4.78 is 18.7. The number of thiocarbonyl (C=S) groups is 1. The van der Waals surface area contributed by atoms with Gasteiger partial charge in [0, 0.05) is 0 Å². The van der Waals surface area contributed by atoms with Crippen molar-refractivity contribution in [3.63, 3.8) is 0 Å². The van der Waals surface area contributed by atoms with Crippen LogP contribution in [0.2, 0.25) is 0 Å². The van der Waals surface area contributed by atoms with E-state index in [4.69, 9.17) is 22.7 Å². The summed E-state index contributed by atoms with van der Waals surface area (Å²) in [4.78, 5) is 0.0127. The normalized spacial score (nSPS) is 10.3. The Morgan fingerprint density at radius 2 is 2.14 bits per heavy atom. The van der Waals surface area contributed by atoms with Crippen LogP contribution in [0, 0.1) is 5.82 Å². The van der Waals surface area contributed by atoms with Gasteiger partial charge in [0.2, 0.25) is 0 Å². The third kappa shape index (κ3) is 2.42. The zero-order valence-corrected chi connectivity index (χ0v) is 8.90. The molecular formula is C10H12FNOS. The lowest BCUT2D eigenvalue weighted by Gasteiger charge is -2.13. The lowest BCUT2D eigenvalue weighted by Crippen LogP contribution is -2.16. The SMILES string of the molecule is CC(C)Oc1cccc(F)c1C(N)=S. The minimum Gasteiger partial charge on any atom is -0.490 e.